The molecule has 3 amide bonds. The van der Waals surface area contributed by atoms with Crippen molar-refractivity contribution >= 4 is 28.6 Å². The fourth-order valence-electron chi connectivity index (χ4n) is 6.48. The minimum Gasteiger partial charge on any atom is -0.389 e. The van der Waals surface area contributed by atoms with E-state index in [1.54, 1.807) is 23.4 Å². The molecule has 0 saturated carbocycles. The first-order valence-electron chi connectivity index (χ1n) is 18.1. The van der Waals surface area contributed by atoms with Crippen LogP contribution in [-0.4, -0.2) is 86.7 Å². The van der Waals surface area contributed by atoms with Crippen molar-refractivity contribution in [3.8, 4) is 0 Å². The SMILES string of the molecule is CC(C)[C@H](NC(=O)c1ccc2ccccc2n1)C(=O)N[C@@H](Cc1ccccc1)[C@H](O)CN(C(=O)C1C[C@H](OCc2ccncc2)CCN1)C(C)(C)C. The Hall–Kier alpha value is -4.71. The number of aromatic nitrogens is 2. The number of pyridine rings is 2. The summed E-state index contributed by atoms with van der Waals surface area (Å²) in [6.07, 6.45) is 3.83. The summed E-state index contributed by atoms with van der Waals surface area (Å²) in [6, 6.07) is 22.2. The van der Waals surface area contributed by atoms with Gasteiger partial charge in [-0.3, -0.25) is 19.4 Å². The second kappa shape index (κ2) is 17.7. The van der Waals surface area contributed by atoms with Gasteiger partial charge in [-0.2, -0.15) is 0 Å². The van der Waals surface area contributed by atoms with E-state index < -0.39 is 41.6 Å². The maximum atomic E-state index is 14.2. The van der Waals surface area contributed by atoms with E-state index in [0.29, 0.717) is 31.5 Å². The van der Waals surface area contributed by atoms with Gasteiger partial charge in [-0.05, 0) is 87.9 Å². The highest BCUT2D eigenvalue weighted by Gasteiger charge is 2.38. The molecule has 5 atom stereocenters. The van der Waals surface area contributed by atoms with Gasteiger partial charge in [-0.1, -0.05) is 68.4 Å². The lowest BCUT2D eigenvalue weighted by Gasteiger charge is -2.42. The summed E-state index contributed by atoms with van der Waals surface area (Å²) in [4.78, 5) is 51.8. The molecule has 0 spiro atoms. The Balaban J connectivity index is 1.30. The molecule has 1 fully saturated rings. The first-order chi connectivity index (χ1) is 24.9. The zero-order valence-electron chi connectivity index (χ0n) is 30.8. The van der Waals surface area contributed by atoms with Crippen LogP contribution in [0.3, 0.4) is 0 Å². The summed E-state index contributed by atoms with van der Waals surface area (Å²) < 4.78 is 6.19. The van der Waals surface area contributed by atoms with Gasteiger partial charge in [0.25, 0.3) is 5.91 Å². The van der Waals surface area contributed by atoms with Gasteiger partial charge in [0, 0.05) is 29.9 Å². The zero-order chi connectivity index (χ0) is 37.3. The molecule has 11 heteroatoms. The van der Waals surface area contributed by atoms with Crippen molar-refractivity contribution in [3.05, 3.63) is 108 Å². The third-order valence-corrected chi connectivity index (χ3v) is 9.49. The van der Waals surface area contributed by atoms with Crippen LogP contribution in [0.2, 0.25) is 0 Å². The van der Waals surface area contributed by atoms with Crippen LogP contribution >= 0.6 is 0 Å². The number of β-amino-alcohol motifs (C(OH)–C–C–N with tert-alkyl or cyclic N) is 1. The molecule has 0 aliphatic carbocycles. The standard InChI is InChI=1S/C41H52N6O5/c1-27(2)37(46-38(49)33-16-15-30-13-9-10-14-32(30)44-33)39(50)45-34(23-28-11-7-6-8-12-28)36(48)25-47(41(3,4)5)40(51)35-24-31(19-22-43-35)52-26-29-17-20-42-21-18-29/h6-18,20-21,27,31,34-37,43,48H,19,22-26H2,1-5H3,(H,45,50)(H,46,49)/t31-,34+,35?,36-,37+/m1/s1. The quantitative estimate of drug-likeness (QED) is 0.151. The molecule has 2 aromatic heterocycles. The van der Waals surface area contributed by atoms with Gasteiger partial charge in [-0.15, -0.1) is 0 Å². The summed E-state index contributed by atoms with van der Waals surface area (Å²) in [5.41, 5.74) is 2.19. The number of hydrogen-bond acceptors (Lipinski definition) is 8. The molecule has 5 rings (SSSR count). The van der Waals surface area contributed by atoms with Gasteiger partial charge in [-0.25, -0.2) is 4.98 Å². The number of aliphatic hydroxyl groups is 1. The molecule has 0 radical (unpaired) electrons. The topological polar surface area (TPSA) is 146 Å². The van der Waals surface area contributed by atoms with Crippen LogP contribution in [0.15, 0.2) is 91.3 Å². The Morgan fingerprint density at radius 3 is 2.37 bits per heavy atom. The Morgan fingerprint density at radius 1 is 0.942 bits per heavy atom. The van der Waals surface area contributed by atoms with E-state index in [1.165, 1.54) is 0 Å². The van der Waals surface area contributed by atoms with E-state index in [4.69, 9.17) is 4.74 Å². The lowest BCUT2D eigenvalue weighted by atomic mass is 9.95. The van der Waals surface area contributed by atoms with E-state index in [0.717, 1.165) is 22.9 Å². The second-order valence-electron chi connectivity index (χ2n) is 14.9. The Bertz CT molecular complexity index is 1780. The lowest BCUT2D eigenvalue weighted by Crippen LogP contribution is -2.61. The van der Waals surface area contributed by atoms with E-state index >= 15 is 0 Å². The molecular weight excluding hydrogens is 656 g/mol. The van der Waals surface area contributed by atoms with Gasteiger partial charge in [0.1, 0.15) is 11.7 Å². The summed E-state index contributed by atoms with van der Waals surface area (Å²) in [5, 5.41) is 22.1. The number of amides is 3. The molecule has 1 aliphatic rings. The van der Waals surface area contributed by atoms with Gasteiger partial charge >= 0.3 is 0 Å². The van der Waals surface area contributed by atoms with Gasteiger partial charge in [0.2, 0.25) is 11.8 Å². The monoisotopic (exact) mass is 708 g/mol. The number of rotatable bonds is 14. The molecule has 2 aromatic carbocycles. The van der Waals surface area contributed by atoms with Gasteiger partial charge in [0.15, 0.2) is 0 Å². The number of hydrogen-bond donors (Lipinski definition) is 4. The number of carbonyl (C=O) groups is 3. The number of carbonyl (C=O) groups excluding carboxylic acids is 3. The molecule has 1 aliphatic heterocycles. The number of aliphatic hydroxyl groups excluding tert-OH is 1. The number of nitrogens with zero attached hydrogens (tertiary/aromatic N) is 3. The third kappa shape index (κ3) is 10.4. The predicted molar refractivity (Wildman–Crippen MR) is 201 cm³/mol. The van der Waals surface area contributed by atoms with Crippen molar-refractivity contribution in [2.24, 2.45) is 5.92 Å². The zero-order valence-corrected chi connectivity index (χ0v) is 30.8. The number of benzene rings is 2. The number of fused-ring (bicyclic) bond motifs is 1. The normalized spacial score (nSPS) is 18.0. The molecule has 52 heavy (non-hydrogen) atoms. The van der Waals surface area contributed by atoms with Crippen LogP contribution < -0.4 is 16.0 Å². The molecule has 0 bridgehead atoms. The van der Waals surface area contributed by atoms with E-state index in [-0.39, 0.29) is 30.2 Å². The van der Waals surface area contributed by atoms with Crippen molar-refractivity contribution in [1.29, 1.82) is 0 Å². The average Bonchev–Trinajstić information content (AvgIpc) is 3.14. The fourth-order valence-corrected chi connectivity index (χ4v) is 6.48. The van der Waals surface area contributed by atoms with Gasteiger partial charge < -0.3 is 30.7 Å². The molecule has 1 unspecified atom stereocenters. The van der Waals surface area contributed by atoms with Crippen molar-refractivity contribution in [2.75, 3.05) is 13.1 Å². The predicted octanol–water partition coefficient (Wildman–Crippen LogP) is 4.44. The number of para-hydroxylation sites is 1. The summed E-state index contributed by atoms with van der Waals surface area (Å²) >= 11 is 0. The van der Waals surface area contributed by atoms with E-state index in [9.17, 15) is 19.5 Å². The molecule has 1 saturated heterocycles. The van der Waals surface area contributed by atoms with Crippen LogP contribution in [0.5, 0.6) is 0 Å². The minimum absolute atomic E-state index is 0.0133. The number of nitrogens with one attached hydrogen (secondary N) is 3. The lowest BCUT2D eigenvalue weighted by molar-refractivity contribution is -0.143. The van der Waals surface area contributed by atoms with Crippen LogP contribution in [0.4, 0.5) is 0 Å². The fraction of sp³-hybridized carbons (Fsp3) is 0.439. The third-order valence-electron chi connectivity index (χ3n) is 9.49. The molecule has 11 nitrogen and oxygen atoms in total. The highest BCUT2D eigenvalue weighted by Crippen LogP contribution is 2.22. The smallest absolute Gasteiger partial charge is 0.270 e. The first kappa shape index (κ1) is 38.5. The van der Waals surface area contributed by atoms with E-state index in [2.05, 4.69) is 25.9 Å². The van der Waals surface area contributed by atoms with Crippen LogP contribution in [0, 0.1) is 5.92 Å². The highest BCUT2D eigenvalue weighted by atomic mass is 16.5. The van der Waals surface area contributed by atoms with Crippen molar-refractivity contribution in [2.45, 2.75) is 96.4 Å². The van der Waals surface area contributed by atoms with Crippen LogP contribution in [-0.2, 0) is 27.4 Å². The maximum absolute atomic E-state index is 14.2. The Kier molecular flexibility index (Phi) is 13.1. The molecule has 3 heterocycles. The average molecular weight is 709 g/mol. The summed E-state index contributed by atoms with van der Waals surface area (Å²) in [5.74, 6) is -1.30. The van der Waals surface area contributed by atoms with E-state index in [1.807, 2.05) is 107 Å². The van der Waals surface area contributed by atoms with Crippen molar-refractivity contribution < 1.29 is 24.2 Å². The Labute approximate surface area is 306 Å². The molecular formula is C41H52N6O5. The van der Waals surface area contributed by atoms with Crippen LogP contribution in [0.1, 0.15) is 69.1 Å². The summed E-state index contributed by atoms with van der Waals surface area (Å²) in [6.45, 7) is 10.6. The second-order valence-corrected chi connectivity index (χ2v) is 14.9. The largest absolute Gasteiger partial charge is 0.389 e. The number of piperidine rings is 1. The van der Waals surface area contributed by atoms with Crippen molar-refractivity contribution in [1.82, 2.24) is 30.8 Å². The number of ether oxygens (including phenoxy) is 1. The minimum atomic E-state index is -1.12. The van der Waals surface area contributed by atoms with Gasteiger partial charge in [0.05, 0.1) is 36.4 Å². The Morgan fingerprint density at radius 2 is 1.65 bits per heavy atom. The maximum Gasteiger partial charge on any atom is 0.270 e. The molecule has 4 aromatic rings. The van der Waals surface area contributed by atoms with Crippen LogP contribution in [0.25, 0.3) is 10.9 Å². The highest BCUT2D eigenvalue weighted by molar-refractivity contribution is 5.98. The first-order valence-corrected chi connectivity index (χ1v) is 18.1. The summed E-state index contributed by atoms with van der Waals surface area (Å²) in [7, 11) is 0. The van der Waals surface area contributed by atoms with Crippen molar-refractivity contribution in [3.63, 3.8) is 0 Å². The molecule has 4 N–H and O–H groups in total. The molecule has 276 valence electrons.